The number of aromatic nitrogens is 1. The van der Waals surface area contributed by atoms with Gasteiger partial charge in [-0.3, -0.25) is 0 Å². The van der Waals surface area contributed by atoms with Crippen LogP contribution in [0.25, 0.3) is 0 Å². The highest BCUT2D eigenvalue weighted by Gasteiger charge is 2.15. The minimum atomic E-state index is -2.85. The van der Waals surface area contributed by atoms with E-state index >= 15 is 0 Å². The Morgan fingerprint density at radius 1 is 1.53 bits per heavy atom. The van der Waals surface area contributed by atoms with Crippen LogP contribution in [0, 0.1) is 5.95 Å². The van der Waals surface area contributed by atoms with Gasteiger partial charge in [-0.05, 0) is 13.0 Å². The lowest BCUT2D eigenvalue weighted by Crippen LogP contribution is -2.09. The predicted octanol–water partition coefficient (Wildman–Crippen LogP) is 2.33. The second-order valence-electron chi connectivity index (χ2n) is 2.63. The van der Waals surface area contributed by atoms with Crippen LogP contribution in [0.15, 0.2) is 12.1 Å². The lowest BCUT2D eigenvalue weighted by molar-refractivity contribution is 0.0517. The zero-order valence-corrected chi connectivity index (χ0v) is 7.84. The Morgan fingerprint density at radius 3 is 2.73 bits per heavy atom. The van der Waals surface area contributed by atoms with E-state index in [9.17, 15) is 18.0 Å². The highest BCUT2D eigenvalue weighted by molar-refractivity contribution is 5.87. The van der Waals surface area contributed by atoms with Crippen molar-refractivity contribution in [2.24, 2.45) is 0 Å². The summed E-state index contributed by atoms with van der Waals surface area (Å²) in [6, 6.07) is 1.39. The van der Waals surface area contributed by atoms with E-state index in [2.05, 4.69) is 9.72 Å². The largest absolute Gasteiger partial charge is 0.461 e. The average molecular weight is 219 g/mol. The second kappa shape index (κ2) is 4.77. The number of alkyl halides is 2. The average Bonchev–Trinajstić information content (AvgIpc) is 2.17. The summed E-state index contributed by atoms with van der Waals surface area (Å²) in [5.74, 6) is -2.05. The molecule has 0 aliphatic heterocycles. The number of rotatable bonds is 3. The fourth-order valence-electron chi connectivity index (χ4n) is 0.952. The molecule has 0 bridgehead atoms. The first-order chi connectivity index (χ1) is 7.04. The molecule has 0 N–H and O–H groups in total. The van der Waals surface area contributed by atoms with Gasteiger partial charge in [0.25, 0.3) is 6.43 Å². The van der Waals surface area contributed by atoms with Crippen LogP contribution in [-0.4, -0.2) is 17.6 Å². The van der Waals surface area contributed by atoms with Crippen molar-refractivity contribution in [2.75, 3.05) is 6.61 Å². The van der Waals surface area contributed by atoms with Crippen molar-refractivity contribution in [3.63, 3.8) is 0 Å². The fraction of sp³-hybridized carbons (Fsp3) is 0.333. The van der Waals surface area contributed by atoms with E-state index in [-0.39, 0.29) is 6.61 Å². The van der Waals surface area contributed by atoms with E-state index in [0.29, 0.717) is 6.07 Å². The molecule has 0 atom stereocenters. The summed E-state index contributed by atoms with van der Waals surface area (Å²) in [5.41, 5.74) is -1.04. The van der Waals surface area contributed by atoms with Gasteiger partial charge in [0.1, 0.15) is 0 Å². The Bertz CT molecular complexity index is 368. The number of carbonyl (C=O) groups is 1. The third kappa shape index (κ3) is 2.93. The zero-order valence-electron chi connectivity index (χ0n) is 7.84. The molecule has 0 unspecified atom stereocenters. The fourth-order valence-corrected chi connectivity index (χ4v) is 0.952. The van der Waals surface area contributed by atoms with E-state index in [1.165, 1.54) is 0 Å². The molecule has 0 saturated heterocycles. The molecule has 0 amide bonds. The van der Waals surface area contributed by atoms with Crippen LogP contribution in [0.4, 0.5) is 13.2 Å². The smallest absolute Gasteiger partial charge is 0.357 e. The third-order valence-corrected chi connectivity index (χ3v) is 1.55. The first-order valence-corrected chi connectivity index (χ1v) is 4.17. The van der Waals surface area contributed by atoms with E-state index < -0.39 is 29.6 Å². The molecule has 15 heavy (non-hydrogen) atoms. The van der Waals surface area contributed by atoms with Gasteiger partial charge < -0.3 is 4.74 Å². The van der Waals surface area contributed by atoms with Crippen LogP contribution in [0.2, 0.25) is 0 Å². The van der Waals surface area contributed by atoms with E-state index in [1.54, 1.807) is 6.92 Å². The number of hydrogen-bond acceptors (Lipinski definition) is 3. The number of carbonyl (C=O) groups excluding carboxylic acids is 1. The maximum Gasteiger partial charge on any atom is 0.357 e. The molecule has 82 valence electrons. The Labute approximate surface area is 83.9 Å². The number of pyridine rings is 1. The molecule has 6 heteroatoms. The van der Waals surface area contributed by atoms with Gasteiger partial charge in [-0.1, -0.05) is 0 Å². The molecule has 1 aromatic rings. The zero-order chi connectivity index (χ0) is 11.4. The van der Waals surface area contributed by atoms with Crippen LogP contribution >= 0.6 is 0 Å². The Balaban J connectivity index is 3.03. The summed E-state index contributed by atoms with van der Waals surface area (Å²) < 4.78 is 41.7. The standard InChI is InChI=1S/C9H8F3NO2/c1-2-15-9(14)6-3-5(8(11)12)4-7(10)13-6/h3-4,8H,2H2,1H3. The molecule has 1 heterocycles. The highest BCUT2D eigenvalue weighted by Crippen LogP contribution is 2.19. The third-order valence-electron chi connectivity index (χ3n) is 1.55. The van der Waals surface area contributed by atoms with E-state index in [0.717, 1.165) is 6.07 Å². The summed E-state index contributed by atoms with van der Waals surface area (Å²) in [4.78, 5) is 14.2. The predicted molar refractivity (Wildman–Crippen MR) is 45.1 cm³/mol. The first-order valence-electron chi connectivity index (χ1n) is 4.17. The molecule has 0 saturated carbocycles. The van der Waals surface area contributed by atoms with Gasteiger partial charge in [0.15, 0.2) is 5.69 Å². The van der Waals surface area contributed by atoms with Gasteiger partial charge in [-0.2, -0.15) is 4.39 Å². The summed E-state index contributed by atoms with van der Waals surface area (Å²) >= 11 is 0. The maximum absolute atomic E-state index is 12.7. The molecule has 0 fully saturated rings. The van der Waals surface area contributed by atoms with Crippen molar-refractivity contribution >= 4 is 5.97 Å². The van der Waals surface area contributed by atoms with Crippen molar-refractivity contribution in [2.45, 2.75) is 13.3 Å². The molecule has 3 nitrogen and oxygen atoms in total. The van der Waals surface area contributed by atoms with Gasteiger partial charge in [0.05, 0.1) is 6.61 Å². The molecule has 0 aliphatic rings. The number of halogens is 3. The number of ether oxygens (including phenoxy) is 1. The van der Waals surface area contributed by atoms with Crippen molar-refractivity contribution in [1.82, 2.24) is 4.98 Å². The van der Waals surface area contributed by atoms with Crippen molar-refractivity contribution in [1.29, 1.82) is 0 Å². The molecule has 1 aromatic heterocycles. The lowest BCUT2D eigenvalue weighted by atomic mass is 10.2. The number of hydrogen-bond donors (Lipinski definition) is 0. The normalized spacial score (nSPS) is 10.5. The lowest BCUT2D eigenvalue weighted by Gasteiger charge is -2.03. The van der Waals surface area contributed by atoms with Gasteiger partial charge in [-0.25, -0.2) is 18.6 Å². The van der Waals surface area contributed by atoms with Crippen LogP contribution in [0.3, 0.4) is 0 Å². The summed E-state index contributed by atoms with van der Waals surface area (Å²) in [6.45, 7) is 1.62. The minimum Gasteiger partial charge on any atom is -0.461 e. The van der Waals surface area contributed by atoms with Gasteiger partial charge >= 0.3 is 5.97 Å². The highest BCUT2D eigenvalue weighted by atomic mass is 19.3. The van der Waals surface area contributed by atoms with Crippen LogP contribution < -0.4 is 0 Å². The van der Waals surface area contributed by atoms with Gasteiger partial charge in [0, 0.05) is 11.6 Å². The van der Waals surface area contributed by atoms with Crippen LogP contribution in [0.1, 0.15) is 29.4 Å². The van der Waals surface area contributed by atoms with Gasteiger partial charge in [0.2, 0.25) is 5.95 Å². The molecular weight excluding hydrogens is 211 g/mol. The Morgan fingerprint density at radius 2 is 2.20 bits per heavy atom. The Hall–Kier alpha value is -1.59. The second-order valence-corrected chi connectivity index (χ2v) is 2.63. The molecule has 1 rings (SSSR count). The van der Waals surface area contributed by atoms with Crippen LogP contribution in [-0.2, 0) is 4.74 Å². The SMILES string of the molecule is CCOC(=O)c1cc(C(F)F)cc(F)n1. The quantitative estimate of drug-likeness (QED) is 0.578. The number of esters is 1. The summed E-state index contributed by atoms with van der Waals surface area (Å²) in [6.07, 6.45) is -2.85. The van der Waals surface area contributed by atoms with E-state index in [4.69, 9.17) is 0 Å². The van der Waals surface area contributed by atoms with Crippen LogP contribution in [0.5, 0.6) is 0 Å². The minimum absolute atomic E-state index is 0.0705. The Kier molecular flexibility index (Phi) is 3.65. The van der Waals surface area contributed by atoms with Gasteiger partial charge in [-0.15, -0.1) is 0 Å². The number of nitrogens with zero attached hydrogens (tertiary/aromatic N) is 1. The summed E-state index contributed by atoms with van der Waals surface area (Å²) in [7, 11) is 0. The van der Waals surface area contributed by atoms with Crippen molar-refractivity contribution in [3.8, 4) is 0 Å². The molecule has 0 aliphatic carbocycles. The first kappa shape index (κ1) is 11.5. The van der Waals surface area contributed by atoms with E-state index in [1.807, 2.05) is 0 Å². The summed E-state index contributed by atoms with van der Waals surface area (Å²) in [5, 5.41) is 0. The topological polar surface area (TPSA) is 39.2 Å². The monoisotopic (exact) mass is 219 g/mol. The molecular formula is C9H8F3NO2. The molecule has 0 radical (unpaired) electrons. The molecule has 0 aromatic carbocycles. The molecule has 0 spiro atoms. The maximum atomic E-state index is 12.7. The van der Waals surface area contributed by atoms with Crippen molar-refractivity contribution < 1.29 is 22.7 Å². The van der Waals surface area contributed by atoms with Crippen molar-refractivity contribution in [3.05, 3.63) is 29.3 Å².